The number of para-hydroxylation sites is 1. The molecular formula is C13H7ClFNO. The van der Waals surface area contributed by atoms with Crippen molar-refractivity contribution in [2.24, 2.45) is 0 Å². The van der Waals surface area contributed by atoms with Gasteiger partial charge in [0, 0.05) is 10.6 Å². The van der Waals surface area contributed by atoms with E-state index >= 15 is 0 Å². The van der Waals surface area contributed by atoms with Crippen molar-refractivity contribution in [2.45, 2.75) is 0 Å². The predicted octanol–water partition coefficient (Wildman–Crippen LogP) is 4.29. The van der Waals surface area contributed by atoms with Crippen molar-refractivity contribution in [3.05, 3.63) is 53.3 Å². The first-order chi connectivity index (χ1) is 8.24. The number of nitrogens with zero attached hydrogens (tertiary/aromatic N) is 1. The van der Waals surface area contributed by atoms with Crippen LogP contribution >= 0.6 is 11.6 Å². The molecule has 2 aromatic carbocycles. The summed E-state index contributed by atoms with van der Waals surface area (Å²) in [6, 6.07) is 11.7. The Morgan fingerprint density at radius 2 is 1.82 bits per heavy atom. The van der Waals surface area contributed by atoms with Crippen molar-refractivity contribution in [1.29, 1.82) is 0 Å². The highest BCUT2D eigenvalue weighted by Crippen LogP contribution is 2.26. The lowest BCUT2D eigenvalue weighted by molar-refractivity contribution is 0.564. The van der Waals surface area contributed by atoms with Gasteiger partial charge in [0.15, 0.2) is 11.4 Å². The average molecular weight is 248 g/mol. The van der Waals surface area contributed by atoms with E-state index in [0.29, 0.717) is 16.4 Å². The molecule has 0 radical (unpaired) electrons. The molecule has 0 atom stereocenters. The van der Waals surface area contributed by atoms with Crippen LogP contribution in [0, 0.1) is 5.82 Å². The Balaban J connectivity index is 2.18. The van der Waals surface area contributed by atoms with Gasteiger partial charge in [0.05, 0.1) is 0 Å². The van der Waals surface area contributed by atoms with Gasteiger partial charge in [-0.2, -0.15) is 0 Å². The van der Waals surface area contributed by atoms with Gasteiger partial charge in [0.1, 0.15) is 5.52 Å². The highest BCUT2D eigenvalue weighted by atomic mass is 35.5. The zero-order valence-electron chi connectivity index (χ0n) is 8.65. The summed E-state index contributed by atoms with van der Waals surface area (Å²) in [6.45, 7) is 0. The third-order valence-corrected chi connectivity index (χ3v) is 2.71. The van der Waals surface area contributed by atoms with E-state index in [9.17, 15) is 4.39 Å². The third-order valence-electron chi connectivity index (χ3n) is 2.46. The second-order valence-corrected chi connectivity index (χ2v) is 4.05. The van der Waals surface area contributed by atoms with Gasteiger partial charge in [-0.05, 0) is 36.4 Å². The molecule has 1 aromatic heterocycles. The molecule has 3 aromatic rings. The Hall–Kier alpha value is -1.87. The van der Waals surface area contributed by atoms with Gasteiger partial charge in [-0.1, -0.05) is 17.7 Å². The van der Waals surface area contributed by atoms with Crippen LogP contribution in [0.1, 0.15) is 0 Å². The average Bonchev–Trinajstić information content (AvgIpc) is 2.75. The van der Waals surface area contributed by atoms with Crippen LogP contribution in [-0.2, 0) is 0 Å². The minimum atomic E-state index is -0.407. The number of hydrogen-bond donors (Lipinski definition) is 0. The van der Waals surface area contributed by atoms with Crippen molar-refractivity contribution in [3.63, 3.8) is 0 Å². The van der Waals surface area contributed by atoms with Crippen LogP contribution in [0.25, 0.3) is 22.6 Å². The van der Waals surface area contributed by atoms with Crippen molar-refractivity contribution < 1.29 is 8.81 Å². The van der Waals surface area contributed by atoms with Crippen LogP contribution in [0.3, 0.4) is 0 Å². The number of oxazole rings is 1. The fraction of sp³-hybridized carbons (Fsp3) is 0. The van der Waals surface area contributed by atoms with Gasteiger partial charge in [0.2, 0.25) is 5.89 Å². The van der Waals surface area contributed by atoms with Gasteiger partial charge in [-0.3, -0.25) is 0 Å². The van der Waals surface area contributed by atoms with E-state index in [1.54, 1.807) is 36.4 Å². The number of aromatic nitrogens is 1. The predicted molar refractivity (Wildman–Crippen MR) is 64.4 cm³/mol. The maximum Gasteiger partial charge on any atom is 0.227 e. The van der Waals surface area contributed by atoms with Crippen molar-refractivity contribution in [2.75, 3.05) is 0 Å². The summed E-state index contributed by atoms with van der Waals surface area (Å²) >= 11 is 5.79. The van der Waals surface area contributed by atoms with Crippen LogP contribution in [-0.4, -0.2) is 4.98 Å². The lowest BCUT2D eigenvalue weighted by Gasteiger charge is -1.94. The molecule has 0 amide bonds. The van der Waals surface area contributed by atoms with Crippen molar-refractivity contribution >= 4 is 22.7 Å². The number of halogens is 2. The second-order valence-electron chi connectivity index (χ2n) is 3.61. The quantitative estimate of drug-likeness (QED) is 0.641. The van der Waals surface area contributed by atoms with E-state index in [1.165, 1.54) is 6.07 Å². The molecule has 0 bridgehead atoms. The molecule has 3 rings (SSSR count). The first-order valence-corrected chi connectivity index (χ1v) is 5.43. The minimum absolute atomic E-state index is 0.178. The monoisotopic (exact) mass is 247 g/mol. The van der Waals surface area contributed by atoms with Gasteiger partial charge >= 0.3 is 0 Å². The molecular weight excluding hydrogens is 241 g/mol. The summed E-state index contributed by atoms with van der Waals surface area (Å²) < 4.78 is 18.8. The molecule has 0 N–H and O–H groups in total. The lowest BCUT2D eigenvalue weighted by atomic mass is 10.2. The van der Waals surface area contributed by atoms with Gasteiger partial charge in [-0.15, -0.1) is 0 Å². The Morgan fingerprint density at radius 3 is 2.53 bits per heavy atom. The zero-order valence-corrected chi connectivity index (χ0v) is 9.41. The molecule has 4 heteroatoms. The van der Waals surface area contributed by atoms with E-state index in [-0.39, 0.29) is 5.58 Å². The van der Waals surface area contributed by atoms with Crippen molar-refractivity contribution in [3.8, 4) is 11.5 Å². The van der Waals surface area contributed by atoms with Gasteiger partial charge in [0.25, 0.3) is 0 Å². The van der Waals surface area contributed by atoms with Crippen LogP contribution < -0.4 is 0 Å². The normalized spacial score (nSPS) is 10.9. The fourth-order valence-corrected chi connectivity index (χ4v) is 1.76. The summed E-state index contributed by atoms with van der Waals surface area (Å²) in [6.07, 6.45) is 0. The maximum atomic E-state index is 13.4. The molecule has 0 saturated carbocycles. The highest BCUT2D eigenvalue weighted by Gasteiger charge is 2.10. The van der Waals surface area contributed by atoms with E-state index in [0.717, 1.165) is 5.56 Å². The SMILES string of the molecule is Fc1cccc2nc(-c3ccc(Cl)cc3)oc12. The summed E-state index contributed by atoms with van der Waals surface area (Å²) in [7, 11) is 0. The Morgan fingerprint density at radius 1 is 1.06 bits per heavy atom. The molecule has 1 heterocycles. The molecule has 0 fully saturated rings. The van der Waals surface area contributed by atoms with Crippen molar-refractivity contribution in [1.82, 2.24) is 4.98 Å². The highest BCUT2D eigenvalue weighted by molar-refractivity contribution is 6.30. The van der Waals surface area contributed by atoms with Gasteiger partial charge < -0.3 is 4.42 Å². The van der Waals surface area contributed by atoms with Gasteiger partial charge in [-0.25, -0.2) is 9.37 Å². The van der Waals surface area contributed by atoms with E-state index in [4.69, 9.17) is 16.0 Å². The number of fused-ring (bicyclic) bond motifs is 1. The molecule has 0 saturated heterocycles. The molecule has 84 valence electrons. The molecule has 17 heavy (non-hydrogen) atoms. The van der Waals surface area contributed by atoms with Crippen LogP contribution in [0.4, 0.5) is 4.39 Å². The Bertz CT molecular complexity index is 675. The van der Waals surface area contributed by atoms with E-state index in [2.05, 4.69) is 4.98 Å². The van der Waals surface area contributed by atoms with Crippen LogP contribution in [0.15, 0.2) is 46.9 Å². The molecule has 0 unspecified atom stereocenters. The summed E-state index contributed by atoms with van der Waals surface area (Å²) in [5.41, 5.74) is 1.46. The largest absolute Gasteiger partial charge is 0.433 e. The number of rotatable bonds is 1. The molecule has 2 nitrogen and oxygen atoms in total. The zero-order chi connectivity index (χ0) is 11.8. The molecule has 0 aliphatic rings. The smallest absolute Gasteiger partial charge is 0.227 e. The molecule has 0 aliphatic carbocycles. The fourth-order valence-electron chi connectivity index (χ4n) is 1.63. The minimum Gasteiger partial charge on any atom is -0.433 e. The van der Waals surface area contributed by atoms with E-state index in [1.807, 2.05) is 0 Å². The summed E-state index contributed by atoms with van der Waals surface area (Å²) in [5.74, 6) is -0.0167. The Kier molecular flexibility index (Phi) is 2.34. The number of benzene rings is 2. The molecule has 0 spiro atoms. The second kappa shape index (κ2) is 3.86. The third kappa shape index (κ3) is 1.78. The van der Waals surface area contributed by atoms with Crippen LogP contribution in [0.2, 0.25) is 5.02 Å². The summed E-state index contributed by atoms with van der Waals surface area (Å²) in [5, 5.41) is 0.635. The number of hydrogen-bond acceptors (Lipinski definition) is 2. The first-order valence-electron chi connectivity index (χ1n) is 5.05. The maximum absolute atomic E-state index is 13.4. The Labute approximate surface area is 102 Å². The van der Waals surface area contributed by atoms with E-state index < -0.39 is 5.82 Å². The first kappa shape index (κ1) is 10.3. The lowest BCUT2D eigenvalue weighted by Crippen LogP contribution is -1.75. The van der Waals surface area contributed by atoms with Crippen LogP contribution in [0.5, 0.6) is 0 Å². The summed E-state index contributed by atoms with van der Waals surface area (Å²) in [4.78, 5) is 4.22. The standard InChI is InChI=1S/C13H7ClFNO/c14-9-6-4-8(5-7-9)13-16-11-3-1-2-10(15)12(11)17-13/h1-7H. The topological polar surface area (TPSA) is 26.0 Å². The molecule has 0 aliphatic heterocycles.